The number of amides is 3. The van der Waals surface area contributed by atoms with Crippen molar-refractivity contribution in [3.8, 4) is 5.75 Å². The fraction of sp³-hybridized carbons (Fsp3) is 0.400. The third-order valence-electron chi connectivity index (χ3n) is 4.31. The van der Waals surface area contributed by atoms with Crippen LogP contribution in [0.3, 0.4) is 0 Å². The molecule has 1 aromatic rings. The molecule has 2 aliphatic heterocycles. The number of hydrogen-bond donors (Lipinski definition) is 1. The van der Waals surface area contributed by atoms with Gasteiger partial charge in [0, 0.05) is 5.70 Å². The number of nitrogens with zero attached hydrogens (tertiary/aromatic N) is 1. The highest BCUT2D eigenvalue weighted by Gasteiger charge is 2.45. The zero-order valence-electron chi connectivity index (χ0n) is 16.0. The van der Waals surface area contributed by atoms with Gasteiger partial charge in [-0.15, -0.1) is 0 Å². The summed E-state index contributed by atoms with van der Waals surface area (Å²) in [6.45, 7) is 8.49. The standard InChI is InChI=1S/C20H22N2O6/c1-11-8-9-13(17(24)21-11)22-18(25)12-6-5-7-14(16(12)19(22)26)27-10-15(23)28-20(2,3)4/h5-7,13H,1,8-10H2,2-4H3,(H,21,24). The van der Waals surface area contributed by atoms with Gasteiger partial charge in [0.2, 0.25) is 5.91 Å². The van der Waals surface area contributed by atoms with Crippen LogP contribution in [0.15, 0.2) is 30.5 Å². The van der Waals surface area contributed by atoms with Crippen molar-refractivity contribution in [2.24, 2.45) is 0 Å². The molecule has 0 spiro atoms. The second-order valence-electron chi connectivity index (χ2n) is 7.68. The lowest BCUT2D eigenvalue weighted by atomic mass is 10.0. The molecule has 0 radical (unpaired) electrons. The van der Waals surface area contributed by atoms with E-state index in [1.54, 1.807) is 26.8 Å². The summed E-state index contributed by atoms with van der Waals surface area (Å²) >= 11 is 0. The smallest absolute Gasteiger partial charge is 0.344 e. The van der Waals surface area contributed by atoms with Crippen LogP contribution in [0.2, 0.25) is 0 Å². The van der Waals surface area contributed by atoms with E-state index in [9.17, 15) is 19.2 Å². The largest absolute Gasteiger partial charge is 0.481 e. The van der Waals surface area contributed by atoms with Crippen LogP contribution in [0.25, 0.3) is 0 Å². The second kappa shape index (κ2) is 7.10. The van der Waals surface area contributed by atoms with Crippen LogP contribution >= 0.6 is 0 Å². The molecule has 0 aliphatic carbocycles. The van der Waals surface area contributed by atoms with E-state index in [1.807, 2.05) is 0 Å². The molecule has 0 bridgehead atoms. The number of piperidine rings is 1. The summed E-state index contributed by atoms with van der Waals surface area (Å²) in [5.74, 6) is -2.11. The number of hydrogen-bond acceptors (Lipinski definition) is 6. The first-order valence-corrected chi connectivity index (χ1v) is 8.92. The summed E-state index contributed by atoms with van der Waals surface area (Å²) in [5, 5.41) is 2.58. The summed E-state index contributed by atoms with van der Waals surface area (Å²) in [7, 11) is 0. The van der Waals surface area contributed by atoms with Crippen LogP contribution < -0.4 is 10.1 Å². The highest BCUT2D eigenvalue weighted by Crippen LogP contribution is 2.34. The Hall–Kier alpha value is -3.16. The van der Waals surface area contributed by atoms with Crippen LogP contribution in [0.4, 0.5) is 0 Å². The quantitative estimate of drug-likeness (QED) is 0.625. The third kappa shape index (κ3) is 3.76. The summed E-state index contributed by atoms with van der Waals surface area (Å²) in [6, 6.07) is 3.65. The van der Waals surface area contributed by atoms with Crippen molar-refractivity contribution in [3.05, 3.63) is 41.6 Å². The van der Waals surface area contributed by atoms with Gasteiger partial charge in [0.1, 0.15) is 17.4 Å². The zero-order valence-corrected chi connectivity index (χ0v) is 16.0. The van der Waals surface area contributed by atoms with Crippen molar-refractivity contribution in [1.29, 1.82) is 0 Å². The molecule has 2 aliphatic rings. The van der Waals surface area contributed by atoms with Crippen molar-refractivity contribution in [1.82, 2.24) is 10.2 Å². The zero-order chi connectivity index (χ0) is 20.6. The van der Waals surface area contributed by atoms with Crippen molar-refractivity contribution in [2.45, 2.75) is 45.3 Å². The molecule has 8 nitrogen and oxygen atoms in total. The van der Waals surface area contributed by atoms with Crippen molar-refractivity contribution in [3.63, 3.8) is 0 Å². The van der Waals surface area contributed by atoms with Crippen LogP contribution in [0.5, 0.6) is 5.75 Å². The molecule has 0 saturated carbocycles. The van der Waals surface area contributed by atoms with E-state index in [0.717, 1.165) is 4.90 Å². The van der Waals surface area contributed by atoms with Gasteiger partial charge in [-0.05, 0) is 45.7 Å². The van der Waals surface area contributed by atoms with Gasteiger partial charge < -0.3 is 14.8 Å². The van der Waals surface area contributed by atoms with Crippen LogP contribution in [-0.2, 0) is 14.3 Å². The highest BCUT2D eigenvalue weighted by molar-refractivity contribution is 6.24. The van der Waals surface area contributed by atoms with Crippen LogP contribution in [0.1, 0.15) is 54.3 Å². The normalized spacial score (nSPS) is 19.4. The maximum atomic E-state index is 12.9. The van der Waals surface area contributed by atoms with Crippen molar-refractivity contribution in [2.75, 3.05) is 6.61 Å². The Morgan fingerprint density at radius 2 is 1.96 bits per heavy atom. The SMILES string of the molecule is C=C1CCC(N2C(=O)c3cccc(OCC(=O)OC(C)(C)C)c3C2=O)C(=O)N1. The predicted molar refractivity (Wildman–Crippen MR) is 98.6 cm³/mol. The predicted octanol–water partition coefficient (Wildman–Crippen LogP) is 1.80. The van der Waals surface area contributed by atoms with Gasteiger partial charge in [0.25, 0.3) is 11.8 Å². The molecule has 1 fully saturated rings. The molecule has 1 saturated heterocycles. The lowest BCUT2D eigenvalue weighted by Gasteiger charge is -2.29. The molecule has 1 N–H and O–H groups in total. The Morgan fingerprint density at radius 3 is 2.61 bits per heavy atom. The summed E-state index contributed by atoms with van der Waals surface area (Å²) in [5.41, 5.74) is 0.0800. The molecule has 1 aromatic carbocycles. The topological polar surface area (TPSA) is 102 Å². The number of allylic oxidation sites excluding steroid dienone is 1. The maximum absolute atomic E-state index is 12.9. The van der Waals surface area contributed by atoms with Gasteiger partial charge in [-0.1, -0.05) is 12.6 Å². The first kappa shape index (κ1) is 19.6. The lowest BCUT2D eigenvalue weighted by molar-refractivity contribution is -0.157. The van der Waals surface area contributed by atoms with E-state index in [-0.39, 0.29) is 16.9 Å². The molecule has 3 amide bonds. The van der Waals surface area contributed by atoms with Gasteiger partial charge in [-0.25, -0.2) is 4.79 Å². The summed E-state index contributed by atoms with van der Waals surface area (Å²) in [6.07, 6.45) is 0.788. The van der Waals surface area contributed by atoms with Gasteiger partial charge in [0.15, 0.2) is 6.61 Å². The van der Waals surface area contributed by atoms with E-state index in [2.05, 4.69) is 11.9 Å². The number of imide groups is 1. The molecule has 3 rings (SSSR count). The molecule has 28 heavy (non-hydrogen) atoms. The second-order valence-corrected chi connectivity index (χ2v) is 7.68. The average molecular weight is 386 g/mol. The fourth-order valence-corrected chi connectivity index (χ4v) is 3.19. The highest BCUT2D eigenvalue weighted by atomic mass is 16.6. The van der Waals surface area contributed by atoms with E-state index in [4.69, 9.17) is 9.47 Å². The number of rotatable bonds is 4. The Kier molecular flexibility index (Phi) is 4.97. The van der Waals surface area contributed by atoms with E-state index in [1.165, 1.54) is 12.1 Å². The van der Waals surface area contributed by atoms with Crippen LogP contribution in [0, 0.1) is 0 Å². The summed E-state index contributed by atoms with van der Waals surface area (Å²) < 4.78 is 10.6. The lowest BCUT2D eigenvalue weighted by Crippen LogP contribution is -2.51. The summed E-state index contributed by atoms with van der Waals surface area (Å²) in [4.78, 5) is 50.8. The number of esters is 1. The minimum absolute atomic E-state index is 0.0493. The molecule has 0 aromatic heterocycles. The maximum Gasteiger partial charge on any atom is 0.344 e. The van der Waals surface area contributed by atoms with Crippen LogP contribution in [-0.4, -0.2) is 46.8 Å². The molecule has 148 valence electrons. The average Bonchev–Trinajstić information content (AvgIpc) is 2.84. The molecule has 8 heteroatoms. The van der Waals surface area contributed by atoms with Gasteiger partial charge in [-0.2, -0.15) is 0 Å². The molecule has 1 atom stereocenters. The minimum atomic E-state index is -0.906. The number of nitrogens with one attached hydrogen (secondary N) is 1. The number of carbonyl (C=O) groups excluding carboxylic acids is 4. The number of benzene rings is 1. The number of fused-ring (bicyclic) bond motifs is 1. The molecule has 1 unspecified atom stereocenters. The number of ether oxygens (including phenoxy) is 2. The first-order valence-electron chi connectivity index (χ1n) is 8.92. The molecule has 2 heterocycles. The van der Waals surface area contributed by atoms with E-state index in [0.29, 0.717) is 18.5 Å². The number of carbonyl (C=O) groups is 4. The first-order chi connectivity index (χ1) is 13.1. The Labute approximate surface area is 162 Å². The monoisotopic (exact) mass is 386 g/mol. The Morgan fingerprint density at radius 1 is 1.25 bits per heavy atom. The van der Waals surface area contributed by atoms with E-state index >= 15 is 0 Å². The van der Waals surface area contributed by atoms with Gasteiger partial charge in [-0.3, -0.25) is 19.3 Å². The van der Waals surface area contributed by atoms with Crippen molar-refractivity contribution < 1.29 is 28.7 Å². The van der Waals surface area contributed by atoms with Gasteiger partial charge in [0.05, 0.1) is 11.1 Å². The van der Waals surface area contributed by atoms with Gasteiger partial charge >= 0.3 is 5.97 Å². The molecular formula is C20H22N2O6. The fourth-order valence-electron chi connectivity index (χ4n) is 3.19. The Bertz CT molecular complexity index is 883. The minimum Gasteiger partial charge on any atom is -0.481 e. The third-order valence-corrected chi connectivity index (χ3v) is 4.31. The molecular weight excluding hydrogens is 364 g/mol. The Balaban J connectivity index is 1.81. The van der Waals surface area contributed by atoms with E-state index < -0.39 is 41.9 Å². The van der Waals surface area contributed by atoms with Crippen molar-refractivity contribution >= 4 is 23.7 Å².